The van der Waals surface area contributed by atoms with Gasteiger partial charge < -0.3 is 15.0 Å². The predicted molar refractivity (Wildman–Crippen MR) is 130 cm³/mol. The van der Waals surface area contributed by atoms with Gasteiger partial charge in [0.05, 0.1) is 23.7 Å². The molecule has 0 fully saturated rings. The maximum atomic E-state index is 14.0. The molecule has 2 N–H and O–H groups in total. The fourth-order valence-corrected chi connectivity index (χ4v) is 5.02. The molecule has 2 heterocycles. The number of carbonyl (C=O) groups excluding carboxylic acids is 1. The monoisotopic (exact) mass is 529 g/mol. The van der Waals surface area contributed by atoms with Crippen molar-refractivity contribution < 1.29 is 13.9 Å². The van der Waals surface area contributed by atoms with Crippen LogP contribution in [0.15, 0.2) is 74.2 Å². The van der Waals surface area contributed by atoms with Gasteiger partial charge in [0.25, 0.3) is 5.56 Å². The van der Waals surface area contributed by atoms with E-state index in [1.54, 1.807) is 32.0 Å². The summed E-state index contributed by atoms with van der Waals surface area (Å²) in [6, 6.07) is 13.9. The lowest BCUT2D eigenvalue weighted by molar-refractivity contribution is -0.138. The van der Waals surface area contributed by atoms with Crippen molar-refractivity contribution in [3.63, 3.8) is 0 Å². The minimum atomic E-state index is -0.653. The molecule has 1 aromatic heterocycles. The van der Waals surface area contributed by atoms with E-state index in [4.69, 9.17) is 4.74 Å². The average Bonchev–Trinajstić information content (AvgIpc) is 2.77. The van der Waals surface area contributed by atoms with Gasteiger partial charge in [0.1, 0.15) is 11.6 Å². The van der Waals surface area contributed by atoms with Crippen molar-refractivity contribution in [2.24, 2.45) is 0 Å². The summed E-state index contributed by atoms with van der Waals surface area (Å²) in [5.74, 6) is -0.775. The van der Waals surface area contributed by atoms with Crippen LogP contribution in [0.3, 0.4) is 0 Å². The number of ether oxygens (including phenoxy) is 1. The second kappa shape index (κ2) is 9.93. The van der Waals surface area contributed by atoms with Crippen LogP contribution in [0.1, 0.15) is 36.5 Å². The maximum Gasteiger partial charge on any atom is 0.336 e. The van der Waals surface area contributed by atoms with Crippen molar-refractivity contribution in [1.82, 2.24) is 9.97 Å². The van der Waals surface area contributed by atoms with Crippen molar-refractivity contribution in [3.8, 4) is 0 Å². The molecule has 2 aromatic carbocycles. The number of aromatic amines is 1. The molecule has 33 heavy (non-hydrogen) atoms. The minimum absolute atomic E-state index is 0.216. The zero-order valence-electron chi connectivity index (χ0n) is 17.9. The van der Waals surface area contributed by atoms with Gasteiger partial charge >= 0.3 is 5.97 Å². The lowest BCUT2D eigenvalue weighted by Crippen LogP contribution is -2.31. The molecule has 0 spiro atoms. The molecule has 1 unspecified atom stereocenters. The molecule has 1 aliphatic heterocycles. The molecule has 0 saturated carbocycles. The number of rotatable bonds is 6. The third kappa shape index (κ3) is 4.89. The van der Waals surface area contributed by atoms with Gasteiger partial charge in [-0.1, -0.05) is 58.0 Å². The highest BCUT2D eigenvalue weighted by Gasteiger charge is 2.36. The van der Waals surface area contributed by atoms with Crippen molar-refractivity contribution in [3.05, 3.63) is 97.1 Å². The third-order valence-electron chi connectivity index (χ3n) is 5.22. The van der Waals surface area contributed by atoms with Crippen LogP contribution in [0, 0.1) is 5.82 Å². The number of fused-ring (bicyclic) bond motifs is 1. The first-order valence-corrected chi connectivity index (χ1v) is 12.1. The molecule has 0 amide bonds. The molecule has 3 aromatic rings. The van der Waals surface area contributed by atoms with E-state index in [1.165, 1.54) is 17.8 Å². The van der Waals surface area contributed by atoms with E-state index in [-0.39, 0.29) is 18.0 Å². The Bertz CT molecular complexity index is 1310. The number of halogens is 2. The van der Waals surface area contributed by atoms with Crippen LogP contribution in [-0.4, -0.2) is 22.5 Å². The Balaban J connectivity index is 1.77. The second-order valence-corrected chi connectivity index (χ2v) is 9.27. The Hall–Kier alpha value is -2.91. The molecule has 170 valence electrons. The SMILES string of the molecule is CCOC(=O)C1=C(C)Nc2nc(SCc3ccccc3F)[nH]c(=O)c2C1c1cccc(Br)c1. The summed E-state index contributed by atoms with van der Waals surface area (Å²) in [7, 11) is 0. The summed E-state index contributed by atoms with van der Waals surface area (Å²) in [6.07, 6.45) is 0. The number of allylic oxidation sites excluding steroid dienone is 1. The van der Waals surface area contributed by atoms with Crippen LogP contribution in [0.5, 0.6) is 0 Å². The highest BCUT2D eigenvalue weighted by atomic mass is 79.9. The predicted octanol–water partition coefficient (Wildman–Crippen LogP) is 5.36. The first-order chi connectivity index (χ1) is 15.9. The molecule has 0 aliphatic carbocycles. The fourth-order valence-electron chi connectivity index (χ4n) is 3.76. The Morgan fingerprint density at radius 3 is 2.76 bits per heavy atom. The number of benzene rings is 2. The highest BCUT2D eigenvalue weighted by molar-refractivity contribution is 9.10. The van der Waals surface area contributed by atoms with E-state index < -0.39 is 11.9 Å². The normalized spacial score (nSPS) is 15.1. The van der Waals surface area contributed by atoms with Gasteiger partial charge in [-0.2, -0.15) is 0 Å². The standard InChI is InChI=1S/C24H21BrFN3O3S/c1-3-32-23(31)18-13(2)27-21-20(19(18)14-8-6-9-16(25)11-14)22(30)29-24(28-21)33-12-15-7-4-5-10-17(15)26/h4-11,19H,3,12H2,1-2H3,(H2,27,28,29,30). The molecule has 6 nitrogen and oxygen atoms in total. The number of hydrogen-bond donors (Lipinski definition) is 2. The van der Waals surface area contributed by atoms with Crippen molar-refractivity contribution in [1.29, 1.82) is 0 Å². The van der Waals surface area contributed by atoms with E-state index in [2.05, 4.69) is 31.2 Å². The topological polar surface area (TPSA) is 84.1 Å². The van der Waals surface area contributed by atoms with Gasteiger partial charge in [-0.25, -0.2) is 14.2 Å². The lowest BCUT2D eigenvalue weighted by Gasteiger charge is -2.29. The van der Waals surface area contributed by atoms with Crippen LogP contribution in [0.2, 0.25) is 0 Å². The van der Waals surface area contributed by atoms with Gasteiger partial charge in [-0.15, -0.1) is 0 Å². The minimum Gasteiger partial charge on any atom is -0.463 e. The number of aromatic nitrogens is 2. The first kappa shape index (κ1) is 23.3. The number of H-pyrrole nitrogens is 1. The summed E-state index contributed by atoms with van der Waals surface area (Å²) < 4.78 is 20.1. The summed E-state index contributed by atoms with van der Waals surface area (Å²) in [6.45, 7) is 3.71. The van der Waals surface area contributed by atoms with Gasteiger partial charge in [-0.05, 0) is 43.2 Å². The number of thioether (sulfide) groups is 1. The van der Waals surface area contributed by atoms with Gasteiger partial charge in [0.2, 0.25) is 0 Å². The molecule has 1 atom stereocenters. The number of nitrogens with zero attached hydrogens (tertiary/aromatic N) is 1. The number of carbonyl (C=O) groups is 1. The maximum absolute atomic E-state index is 14.0. The first-order valence-electron chi connectivity index (χ1n) is 10.3. The third-order valence-corrected chi connectivity index (χ3v) is 6.64. The van der Waals surface area contributed by atoms with Gasteiger partial charge in [-0.3, -0.25) is 4.79 Å². The van der Waals surface area contributed by atoms with Crippen LogP contribution >= 0.6 is 27.7 Å². The van der Waals surface area contributed by atoms with Crippen molar-refractivity contribution >= 4 is 39.5 Å². The zero-order chi connectivity index (χ0) is 23.5. The lowest BCUT2D eigenvalue weighted by atomic mass is 9.82. The van der Waals surface area contributed by atoms with Crippen molar-refractivity contribution in [2.75, 3.05) is 11.9 Å². The van der Waals surface area contributed by atoms with Crippen LogP contribution in [-0.2, 0) is 15.3 Å². The molecular formula is C24H21BrFN3O3S. The Morgan fingerprint density at radius 2 is 2.03 bits per heavy atom. The number of nitrogens with one attached hydrogen (secondary N) is 2. The fraction of sp³-hybridized carbons (Fsp3) is 0.208. The van der Waals surface area contributed by atoms with E-state index in [0.717, 1.165) is 10.0 Å². The van der Waals surface area contributed by atoms with Crippen LogP contribution in [0.4, 0.5) is 10.2 Å². The average molecular weight is 530 g/mol. The Kier molecular flexibility index (Phi) is 6.99. The second-order valence-electron chi connectivity index (χ2n) is 7.39. The zero-order valence-corrected chi connectivity index (χ0v) is 20.3. The molecule has 0 saturated heterocycles. The van der Waals surface area contributed by atoms with Gasteiger partial charge in [0.15, 0.2) is 5.16 Å². The summed E-state index contributed by atoms with van der Waals surface area (Å²) in [5, 5.41) is 3.46. The Labute approximate surface area is 202 Å². The van der Waals surface area contributed by atoms with E-state index in [1.807, 2.05) is 24.3 Å². The van der Waals surface area contributed by atoms with Crippen LogP contribution < -0.4 is 10.9 Å². The quantitative estimate of drug-likeness (QED) is 0.254. The summed E-state index contributed by atoms with van der Waals surface area (Å²) in [5.41, 5.74) is 2.16. The van der Waals surface area contributed by atoms with Crippen molar-refractivity contribution in [2.45, 2.75) is 30.7 Å². The molecule has 0 bridgehead atoms. The molecule has 0 radical (unpaired) electrons. The van der Waals surface area contributed by atoms with Gasteiger partial charge in [0, 0.05) is 15.9 Å². The molecule has 4 rings (SSSR count). The Morgan fingerprint density at radius 1 is 1.24 bits per heavy atom. The van der Waals surface area contributed by atoms with E-state index in [9.17, 15) is 14.0 Å². The molecular weight excluding hydrogens is 509 g/mol. The largest absolute Gasteiger partial charge is 0.463 e. The highest BCUT2D eigenvalue weighted by Crippen LogP contribution is 2.40. The summed E-state index contributed by atoms with van der Waals surface area (Å²) in [4.78, 5) is 33.5. The van der Waals surface area contributed by atoms with E-state index >= 15 is 0 Å². The number of anilines is 1. The smallest absolute Gasteiger partial charge is 0.336 e. The van der Waals surface area contributed by atoms with E-state index in [0.29, 0.717) is 39.1 Å². The summed E-state index contributed by atoms with van der Waals surface area (Å²) >= 11 is 4.70. The number of hydrogen-bond acceptors (Lipinski definition) is 6. The van der Waals surface area contributed by atoms with Crippen LogP contribution in [0.25, 0.3) is 0 Å². The molecule has 9 heteroatoms. The molecule has 1 aliphatic rings. The number of esters is 1.